The molecule has 1 aliphatic rings. The van der Waals surface area contributed by atoms with Crippen molar-refractivity contribution in [3.8, 4) is 0 Å². The van der Waals surface area contributed by atoms with E-state index in [4.69, 9.17) is 27.6 Å². The van der Waals surface area contributed by atoms with Crippen molar-refractivity contribution in [3.05, 3.63) is 23.1 Å². The number of halogens is 2. The maximum Gasteiger partial charge on any atom is 0.287 e. The van der Waals surface area contributed by atoms with Crippen molar-refractivity contribution < 1.29 is 9.21 Å². The number of carbonyl (C=O) groups is 1. The molecular formula is C12H15Cl2NO2. The molecule has 1 heterocycles. The first-order valence-electron chi connectivity index (χ1n) is 5.83. The number of rotatable bonds is 3. The van der Waals surface area contributed by atoms with Gasteiger partial charge in [0, 0.05) is 11.9 Å². The predicted molar refractivity (Wildman–Crippen MR) is 67.7 cm³/mol. The summed E-state index contributed by atoms with van der Waals surface area (Å²) in [6.07, 6.45) is 4.23. The fourth-order valence-corrected chi connectivity index (χ4v) is 2.48. The van der Waals surface area contributed by atoms with E-state index in [-0.39, 0.29) is 16.9 Å². The third-order valence-corrected chi connectivity index (χ3v) is 3.76. The summed E-state index contributed by atoms with van der Waals surface area (Å²) in [6.45, 7) is 0.681. The largest absolute Gasteiger partial charge is 0.440 e. The number of furan rings is 1. The first-order chi connectivity index (χ1) is 8.15. The summed E-state index contributed by atoms with van der Waals surface area (Å²) in [5.74, 6) is 0.588. The molecule has 1 aliphatic carbocycles. The summed E-state index contributed by atoms with van der Waals surface area (Å²) >= 11 is 11.6. The second-order valence-corrected chi connectivity index (χ2v) is 5.42. The van der Waals surface area contributed by atoms with Crippen LogP contribution in [0.4, 0.5) is 0 Å². The van der Waals surface area contributed by atoms with E-state index >= 15 is 0 Å². The van der Waals surface area contributed by atoms with Gasteiger partial charge in [0.25, 0.3) is 5.91 Å². The van der Waals surface area contributed by atoms with Crippen molar-refractivity contribution in [3.63, 3.8) is 0 Å². The van der Waals surface area contributed by atoms with Gasteiger partial charge in [-0.05, 0) is 55.3 Å². The van der Waals surface area contributed by atoms with Gasteiger partial charge in [-0.3, -0.25) is 4.79 Å². The van der Waals surface area contributed by atoms with Gasteiger partial charge in [0.2, 0.25) is 0 Å². The van der Waals surface area contributed by atoms with E-state index in [0.29, 0.717) is 17.8 Å². The lowest BCUT2D eigenvalue weighted by Gasteiger charge is -2.24. The molecule has 0 radical (unpaired) electrons. The highest BCUT2D eigenvalue weighted by Crippen LogP contribution is 2.27. The van der Waals surface area contributed by atoms with Gasteiger partial charge in [-0.1, -0.05) is 0 Å². The second-order valence-electron chi connectivity index (χ2n) is 4.43. The number of hydrogen-bond donors (Lipinski definition) is 1. The van der Waals surface area contributed by atoms with Crippen molar-refractivity contribution >= 4 is 29.1 Å². The molecule has 94 valence electrons. The Morgan fingerprint density at radius 2 is 2.06 bits per heavy atom. The predicted octanol–water partition coefficient (Wildman–Crippen LogP) is 3.46. The van der Waals surface area contributed by atoms with Gasteiger partial charge in [0.15, 0.2) is 11.0 Å². The van der Waals surface area contributed by atoms with E-state index in [1.165, 1.54) is 0 Å². The summed E-state index contributed by atoms with van der Waals surface area (Å²) in [6, 6.07) is 3.14. The Bertz CT molecular complexity index is 384. The van der Waals surface area contributed by atoms with Gasteiger partial charge >= 0.3 is 0 Å². The minimum atomic E-state index is -0.204. The van der Waals surface area contributed by atoms with Crippen LogP contribution in [0, 0.1) is 5.92 Å². The molecule has 17 heavy (non-hydrogen) atoms. The highest BCUT2D eigenvalue weighted by molar-refractivity contribution is 6.29. The molecule has 0 atom stereocenters. The Labute approximate surface area is 110 Å². The lowest BCUT2D eigenvalue weighted by molar-refractivity contribution is 0.0916. The van der Waals surface area contributed by atoms with Crippen LogP contribution in [-0.4, -0.2) is 17.8 Å². The fraction of sp³-hybridized carbons (Fsp3) is 0.583. The fourth-order valence-electron chi connectivity index (χ4n) is 2.09. The molecule has 1 aromatic rings. The van der Waals surface area contributed by atoms with Crippen molar-refractivity contribution in [1.82, 2.24) is 5.32 Å². The third kappa shape index (κ3) is 3.65. The number of carbonyl (C=O) groups excluding carboxylic acids is 1. The zero-order chi connectivity index (χ0) is 12.3. The molecule has 0 bridgehead atoms. The van der Waals surface area contributed by atoms with E-state index in [1.807, 2.05) is 0 Å². The molecule has 1 aromatic heterocycles. The lowest BCUT2D eigenvalue weighted by Crippen LogP contribution is -2.31. The van der Waals surface area contributed by atoms with Crippen LogP contribution in [0.25, 0.3) is 0 Å². The van der Waals surface area contributed by atoms with Crippen molar-refractivity contribution in [2.45, 2.75) is 31.1 Å². The number of amides is 1. The molecule has 0 aliphatic heterocycles. The number of hydrogen-bond acceptors (Lipinski definition) is 2. The summed E-state index contributed by atoms with van der Waals surface area (Å²) in [7, 11) is 0. The molecule has 1 fully saturated rings. The van der Waals surface area contributed by atoms with Gasteiger partial charge in [-0.2, -0.15) is 0 Å². The first-order valence-corrected chi connectivity index (χ1v) is 6.64. The molecule has 2 rings (SSSR count). The molecule has 0 aromatic carbocycles. The Kier molecular flexibility index (Phi) is 4.35. The molecule has 1 amide bonds. The standard InChI is InChI=1S/C12H15Cl2NO2/c13-9-3-1-8(2-4-9)7-15-12(16)10-5-6-11(14)17-10/h5-6,8-9H,1-4,7H2,(H,15,16). The van der Waals surface area contributed by atoms with Gasteiger partial charge in [-0.15, -0.1) is 11.6 Å². The maximum absolute atomic E-state index is 11.7. The summed E-state index contributed by atoms with van der Waals surface area (Å²) in [5, 5.41) is 3.41. The molecule has 1 N–H and O–H groups in total. The molecule has 3 nitrogen and oxygen atoms in total. The van der Waals surface area contributed by atoms with Crippen LogP contribution in [0.1, 0.15) is 36.2 Å². The monoisotopic (exact) mass is 275 g/mol. The molecule has 0 unspecified atom stereocenters. The number of nitrogens with one attached hydrogen (secondary N) is 1. The first kappa shape index (κ1) is 12.8. The molecule has 1 saturated carbocycles. The van der Waals surface area contributed by atoms with Crippen LogP contribution in [-0.2, 0) is 0 Å². The van der Waals surface area contributed by atoms with Crippen molar-refractivity contribution in [2.24, 2.45) is 5.92 Å². The minimum Gasteiger partial charge on any atom is -0.440 e. The molecule has 0 spiro atoms. The van der Waals surface area contributed by atoms with Crippen molar-refractivity contribution in [2.75, 3.05) is 6.54 Å². The van der Waals surface area contributed by atoms with E-state index < -0.39 is 0 Å². The Morgan fingerprint density at radius 3 is 2.65 bits per heavy atom. The third-order valence-electron chi connectivity index (χ3n) is 3.12. The van der Waals surface area contributed by atoms with Crippen molar-refractivity contribution in [1.29, 1.82) is 0 Å². The summed E-state index contributed by atoms with van der Waals surface area (Å²) < 4.78 is 5.03. The average Bonchev–Trinajstić information content (AvgIpc) is 2.75. The van der Waals surface area contributed by atoms with Crippen LogP contribution >= 0.6 is 23.2 Å². The van der Waals surface area contributed by atoms with Gasteiger partial charge < -0.3 is 9.73 Å². The van der Waals surface area contributed by atoms with Crippen LogP contribution in [0.15, 0.2) is 16.5 Å². The smallest absolute Gasteiger partial charge is 0.287 e. The van der Waals surface area contributed by atoms with E-state index in [0.717, 1.165) is 25.7 Å². The second kappa shape index (κ2) is 5.78. The van der Waals surface area contributed by atoms with Crippen LogP contribution in [0.5, 0.6) is 0 Å². The van der Waals surface area contributed by atoms with Gasteiger partial charge in [0.1, 0.15) is 0 Å². The molecular weight excluding hydrogens is 261 g/mol. The summed E-state index contributed by atoms with van der Waals surface area (Å²) in [4.78, 5) is 11.7. The lowest BCUT2D eigenvalue weighted by atomic mass is 9.89. The SMILES string of the molecule is O=C(NCC1CCC(Cl)CC1)c1ccc(Cl)o1. The van der Waals surface area contributed by atoms with E-state index in [9.17, 15) is 4.79 Å². The topological polar surface area (TPSA) is 42.2 Å². The minimum absolute atomic E-state index is 0.204. The number of alkyl halides is 1. The zero-order valence-corrected chi connectivity index (χ0v) is 10.9. The quantitative estimate of drug-likeness (QED) is 0.859. The highest BCUT2D eigenvalue weighted by atomic mass is 35.5. The van der Waals surface area contributed by atoms with Crippen LogP contribution in [0.2, 0.25) is 5.22 Å². The molecule has 0 saturated heterocycles. The zero-order valence-electron chi connectivity index (χ0n) is 9.42. The van der Waals surface area contributed by atoms with Gasteiger partial charge in [0.05, 0.1) is 0 Å². The molecule has 5 heteroatoms. The summed E-state index contributed by atoms with van der Waals surface area (Å²) in [5.41, 5.74) is 0. The Morgan fingerprint density at radius 1 is 1.35 bits per heavy atom. The van der Waals surface area contributed by atoms with Gasteiger partial charge in [-0.25, -0.2) is 0 Å². The van der Waals surface area contributed by atoms with E-state index in [2.05, 4.69) is 5.32 Å². The Balaban J connectivity index is 1.76. The Hall–Kier alpha value is -0.670. The van der Waals surface area contributed by atoms with Crippen LogP contribution in [0.3, 0.4) is 0 Å². The average molecular weight is 276 g/mol. The highest BCUT2D eigenvalue weighted by Gasteiger charge is 2.20. The van der Waals surface area contributed by atoms with Crippen LogP contribution < -0.4 is 5.32 Å². The maximum atomic E-state index is 11.7. The van der Waals surface area contributed by atoms with E-state index in [1.54, 1.807) is 12.1 Å². The normalized spacial score (nSPS) is 24.6.